The molecule has 0 radical (unpaired) electrons. The minimum atomic E-state index is -0.474. The van der Waals surface area contributed by atoms with Crippen LogP contribution in [0.4, 0.5) is 11.6 Å². The van der Waals surface area contributed by atoms with E-state index in [-0.39, 0.29) is 28.8 Å². The number of carbonyl (C=O) groups is 1. The summed E-state index contributed by atoms with van der Waals surface area (Å²) in [5.74, 6) is 0.943. The summed E-state index contributed by atoms with van der Waals surface area (Å²) in [5.41, 5.74) is 7.44. The first-order valence-electron chi connectivity index (χ1n) is 15.6. The molecule has 5 aromatic rings. The summed E-state index contributed by atoms with van der Waals surface area (Å²) in [6, 6.07) is 26.4. The van der Waals surface area contributed by atoms with Gasteiger partial charge in [0.15, 0.2) is 11.4 Å². The van der Waals surface area contributed by atoms with Gasteiger partial charge in [-0.25, -0.2) is 0 Å². The molecule has 6 rings (SSSR count). The number of hydrogen-bond donors (Lipinski definition) is 2. The second-order valence-corrected chi connectivity index (χ2v) is 12.7. The molecule has 1 aliphatic heterocycles. The van der Waals surface area contributed by atoms with E-state index in [1.807, 2.05) is 24.3 Å². The first-order valence-corrected chi connectivity index (χ1v) is 15.6. The van der Waals surface area contributed by atoms with Crippen LogP contribution in [0.1, 0.15) is 71.8 Å². The van der Waals surface area contributed by atoms with Gasteiger partial charge in [-0.1, -0.05) is 66.7 Å². The van der Waals surface area contributed by atoms with E-state index in [4.69, 9.17) is 18.6 Å². The van der Waals surface area contributed by atoms with E-state index < -0.39 is 11.5 Å². The third-order valence-electron chi connectivity index (χ3n) is 8.51. The zero-order valence-electron chi connectivity index (χ0n) is 27.9. The number of ether oxygens (including phenoxy) is 3. The van der Waals surface area contributed by atoms with Crippen molar-refractivity contribution in [3.8, 4) is 22.9 Å². The lowest BCUT2D eigenvalue weighted by Gasteiger charge is -2.24. The molecule has 0 aliphatic carbocycles. The maximum atomic E-state index is 13.3. The van der Waals surface area contributed by atoms with Gasteiger partial charge in [0.05, 0.1) is 25.4 Å². The Morgan fingerprint density at radius 3 is 2.06 bits per heavy atom. The first kappa shape index (κ1) is 31.8. The average Bonchev–Trinajstić information content (AvgIpc) is 3.60. The van der Waals surface area contributed by atoms with Gasteiger partial charge in [-0.15, -0.1) is 0 Å². The molecule has 9 nitrogen and oxygen atoms in total. The predicted octanol–water partition coefficient (Wildman–Crippen LogP) is 8.02. The van der Waals surface area contributed by atoms with Crippen molar-refractivity contribution in [3.63, 3.8) is 0 Å². The lowest BCUT2D eigenvalue weighted by molar-refractivity contribution is -0.105. The number of nitrogens with one attached hydrogen (secondary N) is 2. The molecule has 3 heterocycles. The summed E-state index contributed by atoms with van der Waals surface area (Å²) in [4.78, 5) is 22.3. The molecule has 1 amide bonds. The highest BCUT2D eigenvalue weighted by Gasteiger charge is 2.43. The number of furan rings is 1. The Morgan fingerprint density at radius 2 is 1.43 bits per heavy atom. The number of anilines is 2. The van der Waals surface area contributed by atoms with Gasteiger partial charge in [0.1, 0.15) is 5.76 Å². The van der Waals surface area contributed by atoms with Crippen LogP contribution in [0.3, 0.4) is 0 Å². The minimum absolute atomic E-state index is 0.147. The zero-order valence-corrected chi connectivity index (χ0v) is 27.9. The van der Waals surface area contributed by atoms with Crippen molar-refractivity contribution >= 4 is 17.5 Å². The molecule has 242 valence electrons. The summed E-state index contributed by atoms with van der Waals surface area (Å²) in [6.45, 7) is 11.0. The number of fused-ring (bicyclic) bond motifs is 1. The van der Waals surface area contributed by atoms with Crippen LogP contribution in [-0.4, -0.2) is 30.1 Å². The molecule has 0 saturated carbocycles. The molecular weight excluding hydrogens is 592 g/mol. The standard InChI is InChI=1S/C38H40N4O5/c1-23-19-29-30(38(4,5)47-37(29,2)3)21-27(23)20-28-17-18-31(46-28)33(43)40-32-34(44-6)41-36(42-35(32)45-7)39-22-24-13-15-26(16-14-24)25-11-9-8-10-12-25/h8-19,21H,20,22H2,1-7H3,(H,40,43)(H,39,41,42). The number of carbonyl (C=O) groups excluding carboxylic acids is 1. The van der Waals surface area contributed by atoms with E-state index in [2.05, 4.69) is 104 Å². The number of aromatic nitrogens is 2. The van der Waals surface area contributed by atoms with Crippen molar-refractivity contribution in [1.29, 1.82) is 0 Å². The summed E-state index contributed by atoms with van der Waals surface area (Å²) in [7, 11) is 2.95. The van der Waals surface area contributed by atoms with Crippen molar-refractivity contribution in [2.75, 3.05) is 24.9 Å². The molecule has 1 aliphatic rings. The minimum Gasteiger partial charge on any atom is -0.479 e. The van der Waals surface area contributed by atoms with Gasteiger partial charge in [-0.05, 0) is 85.7 Å². The maximum absolute atomic E-state index is 13.3. The quantitative estimate of drug-likeness (QED) is 0.159. The monoisotopic (exact) mass is 632 g/mol. The van der Waals surface area contributed by atoms with Crippen LogP contribution < -0.4 is 20.1 Å². The SMILES string of the molecule is COc1nc(NCc2ccc(-c3ccccc3)cc2)nc(OC)c1NC(=O)c1ccc(Cc2cc3c(cc2C)C(C)(C)OC3(C)C)o1. The zero-order chi connectivity index (χ0) is 33.3. The Balaban J connectivity index is 1.14. The Bertz CT molecular complexity index is 1890. The fraction of sp³-hybridized carbons (Fsp3) is 0.289. The van der Waals surface area contributed by atoms with E-state index in [0.29, 0.717) is 24.7 Å². The summed E-state index contributed by atoms with van der Waals surface area (Å²) in [5, 5.41) is 6.03. The van der Waals surface area contributed by atoms with E-state index in [1.165, 1.54) is 25.3 Å². The second-order valence-electron chi connectivity index (χ2n) is 12.7. The number of nitrogens with zero attached hydrogens (tertiary/aromatic N) is 2. The Morgan fingerprint density at radius 1 is 0.809 bits per heavy atom. The molecule has 2 aromatic heterocycles. The van der Waals surface area contributed by atoms with Gasteiger partial charge in [0.25, 0.3) is 5.91 Å². The Labute approximate surface area is 275 Å². The van der Waals surface area contributed by atoms with Crippen molar-refractivity contribution in [2.45, 2.75) is 58.8 Å². The molecule has 9 heteroatoms. The predicted molar refractivity (Wildman–Crippen MR) is 182 cm³/mol. The van der Waals surface area contributed by atoms with Crippen LogP contribution in [0.2, 0.25) is 0 Å². The molecule has 0 unspecified atom stereocenters. The van der Waals surface area contributed by atoms with Crippen LogP contribution in [0.5, 0.6) is 11.8 Å². The van der Waals surface area contributed by atoms with Crippen LogP contribution in [0.15, 0.2) is 83.3 Å². The van der Waals surface area contributed by atoms with Gasteiger partial charge in [0, 0.05) is 13.0 Å². The third kappa shape index (κ3) is 6.57. The van der Waals surface area contributed by atoms with Gasteiger partial charge in [-0.3, -0.25) is 4.79 Å². The van der Waals surface area contributed by atoms with Gasteiger partial charge in [0.2, 0.25) is 17.7 Å². The third-order valence-corrected chi connectivity index (χ3v) is 8.51. The number of benzene rings is 3. The molecule has 0 fully saturated rings. The molecule has 2 N–H and O–H groups in total. The van der Waals surface area contributed by atoms with Gasteiger partial charge < -0.3 is 29.3 Å². The first-order chi connectivity index (χ1) is 22.5. The molecule has 0 bridgehead atoms. The van der Waals surface area contributed by atoms with Crippen LogP contribution in [0, 0.1) is 6.92 Å². The average molecular weight is 633 g/mol. The Kier molecular flexibility index (Phi) is 8.51. The molecule has 0 atom stereocenters. The number of hydrogen-bond acceptors (Lipinski definition) is 8. The number of methoxy groups -OCH3 is 2. The maximum Gasteiger partial charge on any atom is 0.291 e. The summed E-state index contributed by atoms with van der Waals surface area (Å²) < 4.78 is 23.4. The highest BCUT2D eigenvalue weighted by atomic mass is 16.5. The van der Waals surface area contributed by atoms with Crippen molar-refractivity contribution in [2.24, 2.45) is 0 Å². The van der Waals surface area contributed by atoms with Gasteiger partial charge >= 0.3 is 0 Å². The van der Waals surface area contributed by atoms with Crippen LogP contribution in [0.25, 0.3) is 11.1 Å². The molecule has 0 spiro atoms. The van der Waals surface area contributed by atoms with Crippen molar-refractivity contribution in [3.05, 3.63) is 118 Å². The van der Waals surface area contributed by atoms with Crippen molar-refractivity contribution in [1.82, 2.24) is 9.97 Å². The highest BCUT2D eigenvalue weighted by Crippen LogP contribution is 2.47. The second kappa shape index (κ2) is 12.6. The lowest BCUT2D eigenvalue weighted by atomic mass is 9.86. The van der Waals surface area contributed by atoms with Gasteiger partial charge in [-0.2, -0.15) is 9.97 Å². The fourth-order valence-corrected chi connectivity index (χ4v) is 6.17. The van der Waals surface area contributed by atoms with Crippen molar-refractivity contribution < 1.29 is 23.4 Å². The van der Waals surface area contributed by atoms with Crippen LogP contribution >= 0.6 is 0 Å². The van der Waals surface area contributed by atoms with Crippen LogP contribution in [-0.2, 0) is 28.9 Å². The topological polar surface area (TPSA) is 108 Å². The molecule has 47 heavy (non-hydrogen) atoms. The Hall–Kier alpha value is -5.15. The molecular formula is C38H40N4O5. The van der Waals surface area contributed by atoms with E-state index in [9.17, 15) is 4.79 Å². The van der Waals surface area contributed by atoms with E-state index >= 15 is 0 Å². The number of aryl methyl sites for hydroxylation is 1. The number of rotatable bonds is 10. The fourth-order valence-electron chi connectivity index (χ4n) is 6.17. The highest BCUT2D eigenvalue weighted by molar-refractivity contribution is 6.03. The molecule has 0 saturated heterocycles. The van der Waals surface area contributed by atoms with E-state index in [0.717, 1.165) is 27.8 Å². The number of amides is 1. The summed E-state index contributed by atoms with van der Waals surface area (Å²) >= 11 is 0. The normalized spacial score (nSPS) is 14.4. The lowest BCUT2D eigenvalue weighted by Crippen LogP contribution is -2.22. The largest absolute Gasteiger partial charge is 0.479 e. The summed E-state index contributed by atoms with van der Waals surface area (Å²) in [6.07, 6.45) is 0.536. The van der Waals surface area contributed by atoms with E-state index in [1.54, 1.807) is 6.07 Å². The molecule has 3 aromatic carbocycles. The smallest absolute Gasteiger partial charge is 0.291 e.